The predicted octanol–water partition coefficient (Wildman–Crippen LogP) is 5.53. The lowest BCUT2D eigenvalue weighted by molar-refractivity contribution is 0.600. The SMILES string of the molecule is N#Cc1ccc2c(c1)CCCC2Nc1ccc(N)c(C(=N)c2ccc3[nH]ccc3c2)c1. The van der Waals surface area contributed by atoms with E-state index in [-0.39, 0.29) is 6.04 Å². The molecule has 1 aliphatic carbocycles. The molecule has 152 valence electrons. The molecule has 5 N–H and O–H groups in total. The van der Waals surface area contributed by atoms with E-state index in [0.29, 0.717) is 17.0 Å². The normalized spacial score (nSPS) is 15.3. The number of nitrogens with two attached hydrogens (primary N) is 1. The molecule has 31 heavy (non-hydrogen) atoms. The van der Waals surface area contributed by atoms with E-state index in [1.165, 1.54) is 11.1 Å². The summed E-state index contributed by atoms with van der Waals surface area (Å²) in [5, 5.41) is 22.7. The third-order valence-corrected chi connectivity index (χ3v) is 6.09. The van der Waals surface area contributed by atoms with Gasteiger partial charge >= 0.3 is 0 Å². The van der Waals surface area contributed by atoms with Gasteiger partial charge in [-0.15, -0.1) is 0 Å². The molecule has 5 heteroatoms. The van der Waals surface area contributed by atoms with Gasteiger partial charge in [-0.3, -0.25) is 5.41 Å². The molecule has 1 unspecified atom stereocenters. The zero-order valence-corrected chi connectivity index (χ0v) is 17.1. The number of rotatable bonds is 4. The monoisotopic (exact) mass is 405 g/mol. The number of aromatic amines is 1. The molecule has 1 aliphatic rings. The Bertz CT molecular complexity index is 1340. The number of benzene rings is 3. The zero-order chi connectivity index (χ0) is 21.4. The number of hydrogen-bond acceptors (Lipinski definition) is 4. The number of hydrogen-bond donors (Lipinski definition) is 4. The fourth-order valence-corrected chi connectivity index (χ4v) is 4.46. The van der Waals surface area contributed by atoms with Crippen LogP contribution in [0.2, 0.25) is 0 Å². The average molecular weight is 406 g/mol. The minimum atomic E-state index is 0.179. The van der Waals surface area contributed by atoms with Crippen LogP contribution in [0.25, 0.3) is 10.9 Å². The molecule has 3 aromatic carbocycles. The summed E-state index contributed by atoms with van der Waals surface area (Å²) in [5.74, 6) is 0. The van der Waals surface area contributed by atoms with Gasteiger partial charge in [0, 0.05) is 39.6 Å². The van der Waals surface area contributed by atoms with Crippen LogP contribution in [0.5, 0.6) is 0 Å². The van der Waals surface area contributed by atoms with Crippen LogP contribution in [0, 0.1) is 16.7 Å². The Morgan fingerprint density at radius 3 is 2.87 bits per heavy atom. The molecule has 0 spiro atoms. The van der Waals surface area contributed by atoms with Gasteiger partial charge in [-0.2, -0.15) is 5.26 Å². The van der Waals surface area contributed by atoms with Crippen molar-refractivity contribution >= 4 is 28.0 Å². The Morgan fingerprint density at radius 1 is 1.10 bits per heavy atom. The van der Waals surface area contributed by atoms with Crippen molar-refractivity contribution in [2.75, 3.05) is 11.1 Å². The Kier molecular flexibility index (Phi) is 4.68. The maximum atomic E-state index is 9.19. The molecule has 0 saturated carbocycles. The second-order valence-electron chi connectivity index (χ2n) is 8.07. The van der Waals surface area contributed by atoms with Gasteiger partial charge in [0.1, 0.15) is 0 Å². The van der Waals surface area contributed by atoms with E-state index in [0.717, 1.165) is 47.0 Å². The van der Waals surface area contributed by atoms with Gasteiger partial charge in [0.25, 0.3) is 0 Å². The molecular formula is C26H23N5. The van der Waals surface area contributed by atoms with Gasteiger partial charge in [0.05, 0.1) is 23.4 Å². The Labute approximate surface area is 181 Å². The highest BCUT2D eigenvalue weighted by atomic mass is 14.9. The molecule has 1 heterocycles. The van der Waals surface area contributed by atoms with Crippen LogP contribution in [0.1, 0.15) is 46.7 Å². The van der Waals surface area contributed by atoms with E-state index in [1.54, 1.807) is 0 Å². The molecule has 0 bridgehead atoms. The van der Waals surface area contributed by atoms with Crippen molar-refractivity contribution in [1.29, 1.82) is 10.7 Å². The maximum Gasteiger partial charge on any atom is 0.0991 e. The molecule has 1 aromatic heterocycles. The standard InChI is InChI=1S/C26H23N5/c27-15-16-4-7-21-17(12-16)2-1-3-25(21)31-20-6-8-23(28)22(14-20)26(29)19-5-9-24-18(13-19)10-11-30-24/h4-14,25,29-31H,1-3,28H2. The lowest BCUT2D eigenvalue weighted by atomic mass is 9.86. The van der Waals surface area contributed by atoms with Gasteiger partial charge < -0.3 is 16.0 Å². The lowest BCUT2D eigenvalue weighted by Gasteiger charge is -2.27. The maximum absolute atomic E-state index is 9.19. The first-order valence-electron chi connectivity index (χ1n) is 10.5. The number of fused-ring (bicyclic) bond motifs is 2. The van der Waals surface area contributed by atoms with Crippen molar-refractivity contribution < 1.29 is 0 Å². The van der Waals surface area contributed by atoms with Crippen LogP contribution in [-0.2, 0) is 6.42 Å². The van der Waals surface area contributed by atoms with Crippen molar-refractivity contribution in [3.63, 3.8) is 0 Å². The molecule has 4 aromatic rings. The van der Waals surface area contributed by atoms with Crippen LogP contribution in [0.3, 0.4) is 0 Å². The number of H-pyrrole nitrogens is 1. The largest absolute Gasteiger partial charge is 0.398 e. The summed E-state index contributed by atoms with van der Waals surface area (Å²) in [6.45, 7) is 0. The highest BCUT2D eigenvalue weighted by Crippen LogP contribution is 2.34. The van der Waals surface area contributed by atoms with Crippen LogP contribution in [0.15, 0.2) is 66.9 Å². The summed E-state index contributed by atoms with van der Waals surface area (Å²) in [5.41, 5.74) is 14.0. The Balaban J connectivity index is 1.44. The van der Waals surface area contributed by atoms with E-state index < -0.39 is 0 Å². The smallest absolute Gasteiger partial charge is 0.0991 e. The molecule has 0 aliphatic heterocycles. The summed E-state index contributed by atoms with van der Waals surface area (Å²) in [4.78, 5) is 3.18. The highest BCUT2D eigenvalue weighted by molar-refractivity contribution is 6.15. The van der Waals surface area contributed by atoms with E-state index in [1.807, 2.05) is 60.8 Å². The number of nitriles is 1. The highest BCUT2D eigenvalue weighted by Gasteiger charge is 2.21. The van der Waals surface area contributed by atoms with Crippen molar-refractivity contribution in [2.45, 2.75) is 25.3 Å². The molecule has 1 atom stereocenters. The van der Waals surface area contributed by atoms with Crippen LogP contribution in [-0.4, -0.2) is 10.7 Å². The summed E-state index contributed by atoms with van der Waals surface area (Å²) >= 11 is 0. The van der Waals surface area contributed by atoms with E-state index in [4.69, 9.17) is 11.1 Å². The Hall–Kier alpha value is -4.04. The number of aryl methyl sites for hydroxylation is 1. The van der Waals surface area contributed by atoms with Gasteiger partial charge in [0.15, 0.2) is 0 Å². The number of nitrogen functional groups attached to an aromatic ring is 1. The molecule has 5 nitrogen and oxygen atoms in total. The van der Waals surface area contributed by atoms with Gasteiger partial charge in [0.2, 0.25) is 0 Å². The number of anilines is 2. The molecule has 0 fully saturated rings. The van der Waals surface area contributed by atoms with Crippen molar-refractivity contribution in [3.8, 4) is 6.07 Å². The lowest BCUT2D eigenvalue weighted by Crippen LogP contribution is -2.18. The second-order valence-corrected chi connectivity index (χ2v) is 8.07. The van der Waals surface area contributed by atoms with Gasteiger partial charge in [-0.05, 0) is 78.9 Å². The summed E-state index contributed by atoms with van der Waals surface area (Å²) in [6, 6.07) is 22.1. The summed E-state index contributed by atoms with van der Waals surface area (Å²) < 4.78 is 0. The first kappa shape index (κ1) is 19.0. The third kappa shape index (κ3) is 3.53. The van der Waals surface area contributed by atoms with E-state index in [2.05, 4.69) is 22.4 Å². The van der Waals surface area contributed by atoms with E-state index >= 15 is 0 Å². The van der Waals surface area contributed by atoms with Crippen LogP contribution >= 0.6 is 0 Å². The molecule has 0 radical (unpaired) electrons. The van der Waals surface area contributed by atoms with Crippen LogP contribution in [0.4, 0.5) is 11.4 Å². The average Bonchev–Trinajstić information content (AvgIpc) is 3.27. The second kappa shape index (κ2) is 7.66. The molecule has 0 saturated heterocycles. The van der Waals surface area contributed by atoms with E-state index in [9.17, 15) is 5.26 Å². The van der Waals surface area contributed by atoms with Crippen LogP contribution < -0.4 is 11.1 Å². The first-order chi connectivity index (χ1) is 15.1. The fourth-order valence-electron chi connectivity index (χ4n) is 4.46. The summed E-state index contributed by atoms with van der Waals surface area (Å²) in [7, 11) is 0. The van der Waals surface area contributed by atoms with Crippen molar-refractivity contribution in [2.24, 2.45) is 0 Å². The van der Waals surface area contributed by atoms with Gasteiger partial charge in [-0.1, -0.05) is 12.1 Å². The predicted molar refractivity (Wildman–Crippen MR) is 126 cm³/mol. The molecule has 5 rings (SSSR count). The minimum Gasteiger partial charge on any atom is -0.398 e. The number of nitrogens with zero attached hydrogens (tertiary/aromatic N) is 1. The number of aromatic nitrogens is 1. The Morgan fingerprint density at radius 2 is 2.00 bits per heavy atom. The first-order valence-corrected chi connectivity index (χ1v) is 10.5. The molecular weight excluding hydrogens is 382 g/mol. The van der Waals surface area contributed by atoms with Crippen molar-refractivity contribution in [1.82, 2.24) is 4.98 Å². The van der Waals surface area contributed by atoms with Gasteiger partial charge in [-0.25, -0.2) is 0 Å². The van der Waals surface area contributed by atoms with Crippen molar-refractivity contribution in [3.05, 3.63) is 94.7 Å². The quantitative estimate of drug-likeness (QED) is 0.265. The summed E-state index contributed by atoms with van der Waals surface area (Å²) in [6.07, 6.45) is 5.01. The fraction of sp³-hybridized carbons (Fsp3) is 0.154. The minimum absolute atomic E-state index is 0.179. The third-order valence-electron chi connectivity index (χ3n) is 6.09. The number of nitrogens with one attached hydrogen (secondary N) is 3. The molecule has 0 amide bonds. The zero-order valence-electron chi connectivity index (χ0n) is 17.1. The topological polar surface area (TPSA) is 101 Å².